The van der Waals surface area contributed by atoms with E-state index in [1.54, 1.807) is 42.5 Å². The predicted octanol–water partition coefficient (Wildman–Crippen LogP) is 2.66. The molecule has 32 heavy (non-hydrogen) atoms. The van der Waals surface area contributed by atoms with Crippen molar-refractivity contribution in [3.63, 3.8) is 0 Å². The molecule has 0 radical (unpaired) electrons. The highest BCUT2D eigenvalue weighted by molar-refractivity contribution is 6.13. The molecule has 1 aliphatic heterocycles. The van der Waals surface area contributed by atoms with E-state index >= 15 is 0 Å². The second kappa shape index (κ2) is 7.88. The lowest BCUT2D eigenvalue weighted by Gasteiger charge is -2.18. The molecule has 0 amide bonds. The Labute approximate surface area is 183 Å². The summed E-state index contributed by atoms with van der Waals surface area (Å²) in [5.41, 5.74) is 8.15. The van der Waals surface area contributed by atoms with Crippen LogP contribution < -0.4 is 10.6 Å². The Kier molecular flexibility index (Phi) is 4.89. The van der Waals surface area contributed by atoms with Crippen molar-refractivity contribution < 1.29 is 4.39 Å². The van der Waals surface area contributed by atoms with Crippen molar-refractivity contribution in [2.24, 2.45) is 7.05 Å². The van der Waals surface area contributed by atoms with Crippen molar-refractivity contribution in [1.29, 1.82) is 5.41 Å². The Morgan fingerprint density at radius 3 is 2.84 bits per heavy atom. The average Bonchev–Trinajstić information content (AvgIpc) is 3.55. The van der Waals surface area contributed by atoms with E-state index < -0.39 is 5.82 Å². The molecular formula is C22H22FN9. The molecule has 162 valence electrons. The third-order valence-electron chi connectivity index (χ3n) is 5.72. The van der Waals surface area contributed by atoms with Crippen LogP contribution in [0.1, 0.15) is 23.7 Å². The number of nitrogens with zero attached hydrogens (tertiary/aromatic N) is 7. The zero-order chi connectivity index (χ0) is 22.2. The van der Waals surface area contributed by atoms with Gasteiger partial charge in [0.2, 0.25) is 0 Å². The molecule has 0 aliphatic carbocycles. The molecule has 5 rings (SSSR count). The highest BCUT2D eigenvalue weighted by Gasteiger charge is 2.26. The summed E-state index contributed by atoms with van der Waals surface area (Å²) in [4.78, 5) is 10.8. The van der Waals surface area contributed by atoms with Gasteiger partial charge in [0.25, 0.3) is 0 Å². The van der Waals surface area contributed by atoms with Gasteiger partial charge in [-0.15, -0.1) is 0 Å². The van der Waals surface area contributed by atoms with Crippen molar-refractivity contribution in [3.05, 3.63) is 72.5 Å². The van der Waals surface area contributed by atoms with E-state index in [0.717, 1.165) is 25.3 Å². The van der Waals surface area contributed by atoms with E-state index in [1.807, 2.05) is 16.9 Å². The van der Waals surface area contributed by atoms with Gasteiger partial charge in [0, 0.05) is 67.2 Å². The molecule has 1 atom stereocenters. The van der Waals surface area contributed by atoms with Crippen LogP contribution in [-0.4, -0.2) is 48.3 Å². The Bertz CT molecular complexity index is 1280. The Morgan fingerprint density at radius 1 is 1.22 bits per heavy atom. The summed E-state index contributed by atoms with van der Waals surface area (Å²) in [7, 11) is 1.76. The molecule has 1 saturated heterocycles. The third kappa shape index (κ3) is 3.59. The SMILES string of the molecule is Cn1cc(-c2cc(C(=N)c3cc(N4CCC(n5cccn5)C4)ncn3)c(N)cc2F)cn1. The van der Waals surface area contributed by atoms with Gasteiger partial charge in [-0.2, -0.15) is 10.2 Å². The Hall–Kier alpha value is -4.08. The molecule has 1 unspecified atom stereocenters. The number of nitrogens with two attached hydrogens (primary N) is 1. The molecule has 0 spiro atoms. The van der Waals surface area contributed by atoms with Crippen LogP contribution in [0, 0.1) is 11.2 Å². The maximum atomic E-state index is 14.6. The van der Waals surface area contributed by atoms with E-state index in [-0.39, 0.29) is 17.4 Å². The fourth-order valence-electron chi connectivity index (χ4n) is 4.04. The number of halogens is 1. The number of hydrogen-bond acceptors (Lipinski definition) is 7. The summed E-state index contributed by atoms with van der Waals surface area (Å²) in [6.07, 6.45) is 9.44. The van der Waals surface area contributed by atoms with E-state index in [1.165, 1.54) is 12.4 Å². The molecule has 10 heteroatoms. The predicted molar refractivity (Wildman–Crippen MR) is 119 cm³/mol. The number of aromatic nitrogens is 6. The van der Waals surface area contributed by atoms with Crippen LogP contribution in [-0.2, 0) is 7.05 Å². The lowest BCUT2D eigenvalue weighted by molar-refractivity contribution is 0.494. The Balaban J connectivity index is 1.43. The number of rotatable bonds is 5. The summed E-state index contributed by atoms with van der Waals surface area (Å²) >= 11 is 0. The monoisotopic (exact) mass is 431 g/mol. The fourth-order valence-corrected chi connectivity index (χ4v) is 4.04. The number of benzene rings is 1. The van der Waals surface area contributed by atoms with Gasteiger partial charge in [0.1, 0.15) is 18.0 Å². The summed E-state index contributed by atoms with van der Waals surface area (Å²) in [6.45, 7) is 1.60. The van der Waals surface area contributed by atoms with Crippen molar-refractivity contribution in [3.8, 4) is 11.1 Å². The maximum Gasteiger partial charge on any atom is 0.133 e. The zero-order valence-electron chi connectivity index (χ0n) is 17.5. The second-order valence-electron chi connectivity index (χ2n) is 7.83. The van der Waals surface area contributed by atoms with Gasteiger partial charge in [-0.3, -0.25) is 14.8 Å². The van der Waals surface area contributed by atoms with Crippen molar-refractivity contribution >= 4 is 17.2 Å². The number of anilines is 2. The third-order valence-corrected chi connectivity index (χ3v) is 5.72. The maximum absolute atomic E-state index is 14.6. The first kappa shape index (κ1) is 19.9. The van der Waals surface area contributed by atoms with Crippen molar-refractivity contribution in [1.82, 2.24) is 29.5 Å². The summed E-state index contributed by atoms with van der Waals surface area (Å²) in [6, 6.07) is 6.79. The van der Waals surface area contributed by atoms with Crippen molar-refractivity contribution in [2.75, 3.05) is 23.7 Å². The molecule has 9 nitrogen and oxygen atoms in total. The molecule has 0 bridgehead atoms. The zero-order valence-corrected chi connectivity index (χ0v) is 17.5. The molecule has 1 aliphatic rings. The fraction of sp³-hybridized carbons (Fsp3) is 0.227. The van der Waals surface area contributed by atoms with Crippen LogP contribution >= 0.6 is 0 Å². The molecule has 4 aromatic rings. The highest BCUT2D eigenvalue weighted by atomic mass is 19.1. The quantitative estimate of drug-likeness (QED) is 0.371. The van der Waals surface area contributed by atoms with E-state index in [4.69, 9.17) is 11.1 Å². The minimum absolute atomic E-state index is 0.110. The van der Waals surface area contributed by atoms with Crippen molar-refractivity contribution in [2.45, 2.75) is 12.5 Å². The van der Waals surface area contributed by atoms with Gasteiger partial charge in [-0.1, -0.05) is 0 Å². The second-order valence-corrected chi connectivity index (χ2v) is 7.83. The van der Waals surface area contributed by atoms with Gasteiger partial charge in [-0.25, -0.2) is 14.4 Å². The minimum Gasteiger partial charge on any atom is -0.398 e. The molecule has 1 aromatic carbocycles. The smallest absolute Gasteiger partial charge is 0.133 e. The summed E-state index contributed by atoms with van der Waals surface area (Å²) < 4.78 is 18.1. The van der Waals surface area contributed by atoms with Gasteiger partial charge in [0.15, 0.2) is 0 Å². The first-order chi connectivity index (χ1) is 15.5. The number of nitrogens with one attached hydrogen (secondary N) is 1. The largest absolute Gasteiger partial charge is 0.398 e. The molecule has 1 fully saturated rings. The van der Waals surface area contributed by atoms with E-state index in [2.05, 4.69) is 25.1 Å². The lowest BCUT2D eigenvalue weighted by Crippen LogP contribution is -2.22. The first-order valence-electron chi connectivity index (χ1n) is 10.2. The van der Waals surface area contributed by atoms with Crippen LogP contribution in [0.2, 0.25) is 0 Å². The highest BCUT2D eigenvalue weighted by Crippen LogP contribution is 2.29. The van der Waals surface area contributed by atoms with Crippen LogP contribution in [0.15, 0.2) is 55.4 Å². The van der Waals surface area contributed by atoms with Gasteiger partial charge >= 0.3 is 0 Å². The summed E-state index contributed by atoms with van der Waals surface area (Å²) in [5, 5.41) is 17.2. The summed E-state index contributed by atoms with van der Waals surface area (Å²) in [5.74, 6) is 0.278. The Morgan fingerprint density at radius 2 is 2.09 bits per heavy atom. The number of aryl methyl sites for hydroxylation is 1. The standard InChI is InChI=1S/C22H22FN9/c1-30-11-14(10-29-30)16-7-17(19(24)8-18(16)23)22(25)20-9-21(27-13-26-20)31-6-3-15(12-31)32-5-2-4-28-32/h2,4-5,7-11,13,15,25H,3,6,12,24H2,1H3. The van der Waals surface area contributed by atoms with E-state index in [0.29, 0.717) is 22.4 Å². The molecule has 0 saturated carbocycles. The topological polar surface area (TPSA) is 115 Å². The normalized spacial score (nSPS) is 15.9. The molecule has 3 N–H and O–H groups in total. The number of hydrogen-bond donors (Lipinski definition) is 2. The van der Waals surface area contributed by atoms with Crippen LogP contribution in [0.5, 0.6) is 0 Å². The van der Waals surface area contributed by atoms with Crippen LogP contribution in [0.25, 0.3) is 11.1 Å². The molecule has 4 heterocycles. The van der Waals surface area contributed by atoms with Crippen LogP contribution in [0.4, 0.5) is 15.9 Å². The van der Waals surface area contributed by atoms with E-state index in [9.17, 15) is 4.39 Å². The number of nitrogen functional groups attached to an aromatic ring is 1. The average molecular weight is 431 g/mol. The first-order valence-corrected chi connectivity index (χ1v) is 10.2. The van der Waals surface area contributed by atoms with Gasteiger partial charge in [0.05, 0.1) is 23.6 Å². The van der Waals surface area contributed by atoms with Gasteiger partial charge in [-0.05, 0) is 24.6 Å². The minimum atomic E-state index is -0.461. The lowest BCUT2D eigenvalue weighted by atomic mass is 9.99. The molecule has 3 aromatic heterocycles. The van der Waals surface area contributed by atoms with Crippen LogP contribution in [0.3, 0.4) is 0 Å². The molecular weight excluding hydrogens is 409 g/mol. The van der Waals surface area contributed by atoms with Gasteiger partial charge < -0.3 is 10.6 Å².